The summed E-state index contributed by atoms with van der Waals surface area (Å²) in [6, 6.07) is 0.0155. The van der Waals surface area contributed by atoms with E-state index in [1.165, 1.54) is 4.31 Å². The number of thioether (sulfide) groups is 1. The Labute approximate surface area is 110 Å². The largest absolute Gasteiger partial charge is 0.320 e. The average molecular weight is 283 g/mol. The first-order valence-corrected chi connectivity index (χ1v) is 8.68. The lowest BCUT2D eigenvalue weighted by atomic mass is 10.3. The van der Waals surface area contributed by atoms with Gasteiger partial charge >= 0.3 is 0 Å². The third-order valence-corrected chi connectivity index (χ3v) is 4.86. The Balaban J connectivity index is 4.24. The van der Waals surface area contributed by atoms with Crippen LogP contribution in [0.2, 0.25) is 0 Å². The van der Waals surface area contributed by atoms with Crippen molar-refractivity contribution in [2.24, 2.45) is 0 Å². The van der Waals surface area contributed by atoms with Crippen LogP contribution in [0, 0.1) is 0 Å². The molecule has 0 fully saturated rings. The van der Waals surface area contributed by atoms with E-state index >= 15 is 0 Å². The number of hydrogen-bond acceptors (Lipinski definition) is 4. The Kier molecular flexibility index (Phi) is 9.25. The SMILES string of the molecule is CCC(CSC)NS(=O)(=O)N(C)CCCNC. The zero-order valence-corrected chi connectivity index (χ0v) is 12.8. The first kappa shape index (κ1) is 17.2. The minimum absolute atomic E-state index is 0.0155. The molecule has 104 valence electrons. The van der Waals surface area contributed by atoms with E-state index < -0.39 is 10.2 Å². The third-order valence-electron chi connectivity index (χ3n) is 2.49. The Hall–Kier alpha value is 0.180. The number of nitrogens with one attached hydrogen (secondary N) is 2. The fraction of sp³-hybridized carbons (Fsp3) is 1.00. The molecule has 0 saturated carbocycles. The Morgan fingerprint density at radius 3 is 2.53 bits per heavy atom. The zero-order valence-electron chi connectivity index (χ0n) is 11.2. The molecule has 17 heavy (non-hydrogen) atoms. The Morgan fingerprint density at radius 1 is 1.41 bits per heavy atom. The van der Waals surface area contributed by atoms with Gasteiger partial charge in [0.15, 0.2) is 0 Å². The summed E-state index contributed by atoms with van der Waals surface area (Å²) in [5, 5.41) is 3.00. The molecule has 0 aliphatic rings. The first-order chi connectivity index (χ1) is 7.97. The smallest absolute Gasteiger partial charge is 0.279 e. The summed E-state index contributed by atoms with van der Waals surface area (Å²) in [5.74, 6) is 0.806. The van der Waals surface area contributed by atoms with Crippen LogP contribution in [0.1, 0.15) is 19.8 Å². The highest BCUT2D eigenvalue weighted by Crippen LogP contribution is 2.05. The van der Waals surface area contributed by atoms with Crippen LogP contribution in [0.15, 0.2) is 0 Å². The van der Waals surface area contributed by atoms with Crippen LogP contribution in [0.5, 0.6) is 0 Å². The molecule has 0 aromatic rings. The first-order valence-electron chi connectivity index (χ1n) is 5.85. The summed E-state index contributed by atoms with van der Waals surface area (Å²) < 4.78 is 28.0. The molecule has 0 saturated heterocycles. The van der Waals surface area contributed by atoms with E-state index in [1.54, 1.807) is 18.8 Å². The highest BCUT2D eigenvalue weighted by atomic mass is 32.2. The van der Waals surface area contributed by atoms with Gasteiger partial charge in [-0.2, -0.15) is 29.2 Å². The standard InChI is InChI=1S/C10H25N3O2S2/c1-5-10(9-16-4)12-17(14,15)13(3)8-6-7-11-2/h10-12H,5-9H2,1-4H3. The van der Waals surface area contributed by atoms with Crippen molar-refractivity contribution in [2.45, 2.75) is 25.8 Å². The van der Waals surface area contributed by atoms with Gasteiger partial charge in [0.1, 0.15) is 0 Å². The molecule has 0 bridgehead atoms. The Bertz CT molecular complexity index is 283. The topological polar surface area (TPSA) is 61.4 Å². The highest BCUT2D eigenvalue weighted by molar-refractivity contribution is 7.98. The molecule has 1 atom stereocenters. The molecule has 0 aromatic carbocycles. The average Bonchev–Trinajstić information content (AvgIpc) is 2.28. The predicted molar refractivity (Wildman–Crippen MR) is 75.7 cm³/mol. The highest BCUT2D eigenvalue weighted by Gasteiger charge is 2.20. The summed E-state index contributed by atoms with van der Waals surface area (Å²) >= 11 is 1.65. The lowest BCUT2D eigenvalue weighted by Crippen LogP contribution is -2.45. The molecule has 0 radical (unpaired) electrons. The summed E-state index contributed by atoms with van der Waals surface area (Å²) in [6.07, 6.45) is 3.60. The van der Waals surface area contributed by atoms with Crippen molar-refractivity contribution >= 4 is 22.0 Å². The van der Waals surface area contributed by atoms with Gasteiger partial charge in [-0.25, -0.2) is 0 Å². The van der Waals surface area contributed by atoms with Gasteiger partial charge in [0.2, 0.25) is 0 Å². The zero-order chi connectivity index (χ0) is 13.3. The van der Waals surface area contributed by atoms with Gasteiger partial charge in [-0.15, -0.1) is 0 Å². The third kappa shape index (κ3) is 7.25. The fourth-order valence-corrected chi connectivity index (χ4v) is 3.38. The molecule has 0 aliphatic carbocycles. The molecule has 5 nitrogen and oxygen atoms in total. The maximum atomic E-state index is 12.0. The summed E-state index contributed by atoms with van der Waals surface area (Å²) in [6.45, 7) is 3.35. The molecular formula is C10H25N3O2S2. The van der Waals surface area contributed by atoms with Crippen LogP contribution in [0.25, 0.3) is 0 Å². The van der Waals surface area contributed by atoms with Crippen LogP contribution in [-0.4, -0.2) is 58.0 Å². The van der Waals surface area contributed by atoms with Crippen LogP contribution < -0.4 is 10.0 Å². The maximum Gasteiger partial charge on any atom is 0.279 e. The molecule has 2 N–H and O–H groups in total. The normalized spacial score (nSPS) is 14.2. The van der Waals surface area contributed by atoms with Crippen molar-refractivity contribution in [3.05, 3.63) is 0 Å². The maximum absolute atomic E-state index is 12.0. The second-order valence-corrected chi connectivity index (χ2v) is 6.68. The monoisotopic (exact) mass is 283 g/mol. The van der Waals surface area contributed by atoms with Gasteiger partial charge in [0, 0.05) is 25.4 Å². The van der Waals surface area contributed by atoms with Gasteiger partial charge in [0.05, 0.1) is 0 Å². The molecule has 0 spiro atoms. The number of rotatable bonds is 10. The summed E-state index contributed by atoms with van der Waals surface area (Å²) in [7, 11) is 0.142. The van der Waals surface area contributed by atoms with E-state index in [-0.39, 0.29) is 6.04 Å². The van der Waals surface area contributed by atoms with Crippen LogP contribution in [0.3, 0.4) is 0 Å². The second kappa shape index (κ2) is 9.16. The number of nitrogens with zero attached hydrogens (tertiary/aromatic N) is 1. The van der Waals surface area contributed by atoms with Crippen LogP contribution >= 0.6 is 11.8 Å². The lowest BCUT2D eigenvalue weighted by Gasteiger charge is -2.22. The van der Waals surface area contributed by atoms with E-state index in [2.05, 4.69) is 10.0 Å². The van der Waals surface area contributed by atoms with Gasteiger partial charge in [-0.1, -0.05) is 6.92 Å². The molecule has 0 rings (SSSR count). The second-order valence-electron chi connectivity index (χ2n) is 3.96. The van der Waals surface area contributed by atoms with Crippen molar-refractivity contribution < 1.29 is 8.42 Å². The van der Waals surface area contributed by atoms with Gasteiger partial charge < -0.3 is 5.32 Å². The van der Waals surface area contributed by atoms with Crippen LogP contribution in [-0.2, 0) is 10.2 Å². The van der Waals surface area contributed by atoms with Crippen molar-refractivity contribution in [1.82, 2.24) is 14.3 Å². The van der Waals surface area contributed by atoms with E-state index in [1.807, 2.05) is 20.2 Å². The van der Waals surface area contributed by atoms with Crippen molar-refractivity contribution in [3.63, 3.8) is 0 Å². The van der Waals surface area contributed by atoms with Crippen molar-refractivity contribution in [1.29, 1.82) is 0 Å². The van der Waals surface area contributed by atoms with E-state index in [0.717, 1.165) is 25.1 Å². The van der Waals surface area contributed by atoms with Gasteiger partial charge in [-0.3, -0.25) is 0 Å². The molecule has 1 unspecified atom stereocenters. The molecule has 0 heterocycles. The molecule has 0 aromatic heterocycles. The quantitative estimate of drug-likeness (QED) is 0.573. The van der Waals surface area contributed by atoms with Gasteiger partial charge in [-0.05, 0) is 32.7 Å². The molecule has 0 amide bonds. The predicted octanol–water partition coefficient (Wildman–Crippen LogP) is 0.504. The van der Waals surface area contributed by atoms with E-state index in [4.69, 9.17) is 0 Å². The number of hydrogen-bond donors (Lipinski definition) is 2. The summed E-state index contributed by atoms with van der Waals surface area (Å²) in [5.41, 5.74) is 0. The van der Waals surface area contributed by atoms with E-state index in [9.17, 15) is 8.42 Å². The molecule has 0 aliphatic heterocycles. The minimum Gasteiger partial charge on any atom is -0.320 e. The van der Waals surface area contributed by atoms with Crippen molar-refractivity contribution in [2.75, 3.05) is 39.2 Å². The summed E-state index contributed by atoms with van der Waals surface area (Å²) in [4.78, 5) is 0. The minimum atomic E-state index is -3.33. The van der Waals surface area contributed by atoms with Crippen molar-refractivity contribution in [3.8, 4) is 0 Å². The molecule has 7 heteroatoms. The fourth-order valence-electron chi connectivity index (χ4n) is 1.34. The molecular weight excluding hydrogens is 258 g/mol. The van der Waals surface area contributed by atoms with E-state index in [0.29, 0.717) is 6.54 Å². The van der Waals surface area contributed by atoms with Crippen LogP contribution in [0.4, 0.5) is 0 Å². The lowest BCUT2D eigenvalue weighted by molar-refractivity contribution is 0.439. The van der Waals surface area contributed by atoms with Gasteiger partial charge in [0.25, 0.3) is 10.2 Å². The Morgan fingerprint density at radius 2 is 2.06 bits per heavy atom.